The van der Waals surface area contributed by atoms with Crippen molar-refractivity contribution in [3.63, 3.8) is 0 Å². The lowest BCUT2D eigenvalue weighted by Gasteiger charge is -2.19. The molecule has 14 heavy (non-hydrogen) atoms. The molecule has 0 aromatic heterocycles. The minimum Gasteiger partial charge on any atom is -0.399 e. The molecule has 1 rings (SSSR count). The van der Waals surface area contributed by atoms with Crippen LogP contribution in [0.2, 0.25) is 0 Å². The Bertz CT molecular complexity index is 288. The predicted octanol–water partition coefficient (Wildman–Crippen LogP) is 1.25. The largest absolute Gasteiger partial charge is 0.399 e. The highest BCUT2D eigenvalue weighted by molar-refractivity contribution is 5.41. The highest BCUT2D eigenvalue weighted by Gasteiger charge is 2.09. The van der Waals surface area contributed by atoms with Crippen LogP contribution in [-0.4, -0.2) is 30.1 Å². The molecule has 0 saturated carbocycles. The van der Waals surface area contributed by atoms with Gasteiger partial charge in [-0.1, -0.05) is 19.1 Å². The highest BCUT2D eigenvalue weighted by atomic mass is 16.3. The van der Waals surface area contributed by atoms with Crippen LogP contribution in [0.4, 0.5) is 5.69 Å². The van der Waals surface area contributed by atoms with Crippen LogP contribution in [0.25, 0.3) is 0 Å². The topological polar surface area (TPSA) is 49.5 Å². The first kappa shape index (κ1) is 11.0. The molecule has 1 aromatic carbocycles. The Balaban J connectivity index is 2.64. The van der Waals surface area contributed by atoms with E-state index in [1.165, 1.54) is 0 Å². The molecule has 3 N–H and O–H groups in total. The van der Waals surface area contributed by atoms with Crippen molar-refractivity contribution in [3.05, 3.63) is 29.8 Å². The van der Waals surface area contributed by atoms with Gasteiger partial charge in [0.15, 0.2) is 0 Å². The van der Waals surface area contributed by atoms with Gasteiger partial charge >= 0.3 is 0 Å². The van der Waals surface area contributed by atoms with E-state index in [2.05, 4.69) is 11.8 Å². The lowest BCUT2D eigenvalue weighted by Crippen LogP contribution is -2.24. The average molecular weight is 194 g/mol. The zero-order valence-corrected chi connectivity index (χ0v) is 8.77. The molecular formula is C11H18N2O. The minimum atomic E-state index is -0.455. The second-order valence-corrected chi connectivity index (χ2v) is 3.54. The fraction of sp³-hybridized carbons (Fsp3) is 0.455. The van der Waals surface area contributed by atoms with Gasteiger partial charge in [-0.05, 0) is 31.3 Å². The first-order chi connectivity index (χ1) is 6.63. The van der Waals surface area contributed by atoms with Gasteiger partial charge in [-0.15, -0.1) is 0 Å². The molecule has 3 nitrogen and oxygen atoms in total. The molecule has 1 unspecified atom stereocenters. The number of hydrogen-bond donors (Lipinski definition) is 2. The Morgan fingerprint density at radius 1 is 1.50 bits per heavy atom. The summed E-state index contributed by atoms with van der Waals surface area (Å²) in [5.74, 6) is 0. The van der Waals surface area contributed by atoms with E-state index in [9.17, 15) is 5.11 Å². The summed E-state index contributed by atoms with van der Waals surface area (Å²) in [4.78, 5) is 2.06. The summed E-state index contributed by atoms with van der Waals surface area (Å²) in [7, 11) is 1.98. The van der Waals surface area contributed by atoms with Gasteiger partial charge in [0.05, 0.1) is 6.10 Å². The number of nitrogen functional groups attached to an aromatic ring is 1. The Morgan fingerprint density at radius 2 is 2.21 bits per heavy atom. The molecule has 0 aliphatic heterocycles. The van der Waals surface area contributed by atoms with Crippen LogP contribution in [0.3, 0.4) is 0 Å². The van der Waals surface area contributed by atoms with E-state index in [1.54, 1.807) is 0 Å². The molecule has 0 fully saturated rings. The molecule has 1 atom stereocenters. The molecule has 3 heteroatoms. The van der Waals surface area contributed by atoms with Gasteiger partial charge in [-0.25, -0.2) is 0 Å². The van der Waals surface area contributed by atoms with E-state index >= 15 is 0 Å². The molecular weight excluding hydrogens is 176 g/mol. The second-order valence-electron chi connectivity index (χ2n) is 3.54. The standard InChI is InChI=1S/C11H18N2O/c1-3-13(2)8-11(14)9-5-4-6-10(12)7-9/h4-7,11,14H,3,8,12H2,1-2H3. The maximum Gasteiger partial charge on any atom is 0.0917 e. The maximum atomic E-state index is 9.85. The van der Waals surface area contributed by atoms with E-state index in [0.717, 1.165) is 12.1 Å². The van der Waals surface area contributed by atoms with Crippen LogP contribution in [-0.2, 0) is 0 Å². The summed E-state index contributed by atoms with van der Waals surface area (Å²) in [5, 5.41) is 9.85. The van der Waals surface area contributed by atoms with Crippen molar-refractivity contribution in [1.29, 1.82) is 0 Å². The van der Waals surface area contributed by atoms with Crippen LogP contribution in [0.15, 0.2) is 24.3 Å². The highest BCUT2D eigenvalue weighted by Crippen LogP contribution is 2.16. The number of likely N-dealkylation sites (N-methyl/N-ethyl adjacent to an activating group) is 1. The first-order valence-corrected chi connectivity index (χ1v) is 4.85. The monoisotopic (exact) mass is 194 g/mol. The molecule has 0 heterocycles. The predicted molar refractivity (Wildman–Crippen MR) is 59.0 cm³/mol. The van der Waals surface area contributed by atoms with Gasteiger partial charge in [0.2, 0.25) is 0 Å². The number of nitrogens with two attached hydrogens (primary N) is 1. The van der Waals surface area contributed by atoms with Crippen LogP contribution < -0.4 is 5.73 Å². The summed E-state index contributed by atoms with van der Waals surface area (Å²) < 4.78 is 0. The smallest absolute Gasteiger partial charge is 0.0917 e. The van der Waals surface area contributed by atoms with Crippen LogP contribution >= 0.6 is 0 Å². The fourth-order valence-corrected chi connectivity index (χ4v) is 1.30. The van der Waals surface area contributed by atoms with Gasteiger partial charge in [-0.3, -0.25) is 0 Å². The summed E-state index contributed by atoms with van der Waals surface area (Å²) in [5.41, 5.74) is 7.21. The van der Waals surface area contributed by atoms with E-state index in [4.69, 9.17) is 5.73 Å². The normalized spacial score (nSPS) is 13.1. The van der Waals surface area contributed by atoms with Crippen molar-refractivity contribution in [2.24, 2.45) is 0 Å². The Kier molecular flexibility index (Phi) is 3.92. The Hall–Kier alpha value is -1.06. The van der Waals surface area contributed by atoms with E-state index in [-0.39, 0.29) is 0 Å². The van der Waals surface area contributed by atoms with Gasteiger partial charge in [0.1, 0.15) is 0 Å². The number of hydrogen-bond acceptors (Lipinski definition) is 3. The first-order valence-electron chi connectivity index (χ1n) is 4.85. The second kappa shape index (κ2) is 4.98. The minimum absolute atomic E-state index is 0.455. The van der Waals surface area contributed by atoms with Crippen molar-refractivity contribution in [2.75, 3.05) is 25.9 Å². The van der Waals surface area contributed by atoms with Crippen LogP contribution in [0, 0.1) is 0 Å². The van der Waals surface area contributed by atoms with Crippen molar-refractivity contribution in [2.45, 2.75) is 13.0 Å². The number of benzene rings is 1. The SMILES string of the molecule is CCN(C)CC(O)c1cccc(N)c1. The lowest BCUT2D eigenvalue weighted by molar-refractivity contribution is 0.129. The number of aliphatic hydroxyl groups excluding tert-OH is 1. The van der Waals surface area contributed by atoms with Gasteiger partial charge in [0, 0.05) is 12.2 Å². The summed E-state index contributed by atoms with van der Waals surface area (Å²) in [6.45, 7) is 3.63. The molecule has 0 saturated heterocycles. The number of anilines is 1. The Morgan fingerprint density at radius 3 is 2.79 bits per heavy atom. The van der Waals surface area contributed by atoms with Gasteiger partial charge in [0.25, 0.3) is 0 Å². The third-order valence-corrected chi connectivity index (χ3v) is 2.32. The van der Waals surface area contributed by atoms with Crippen molar-refractivity contribution in [3.8, 4) is 0 Å². The van der Waals surface area contributed by atoms with Crippen molar-refractivity contribution >= 4 is 5.69 Å². The van der Waals surface area contributed by atoms with E-state index < -0.39 is 6.10 Å². The quantitative estimate of drug-likeness (QED) is 0.709. The average Bonchev–Trinajstić information content (AvgIpc) is 2.17. The number of aliphatic hydroxyl groups is 1. The zero-order chi connectivity index (χ0) is 10.6. The molecule has 0 spiro atoms. The molecule has 78 valence electrons. The van der Waals surface area contributed by atoms with E-state index in [0.29, 0.717) is 12.2 Å². The summed E-state index contributed by atoms with van der Waals surface area (Å²) >= 11 is 0. The molecule has 1 aromatic rings. The Labute approximate surface area is 85.2 Å². The van der Waals surface area contributed by atoms with Crippen molar-refractivity contribution < 1.29 is 5.11 Å². The summed E-state index contributed by atoms with van der Waals surface area (Å²) in [6.07, 6.45) is -0.455. The van der Waals surface area contributed by atoms with E-state index in [1.807, 2.05) is 31.3 Å². The zero-order valence-electron chi connectivity index (χ0n) is 8.77. The fourth-order valence-electron chi connectivity index (χ4n) is 1.30. The molecule has 0 aliphatic rings. The lowest BCUT2D eigenvalue weighted by atomic mass is 10.1. The third-order valence-electron chi connectivity index (χ3n) is 2.32. The molecule has 0 bridgehead atoms. The summed E-state index contributed by atoms with van der Waals surface area (Å²) in [6, 6.07) is 7.39. The number of rotatable bonds is 4. The van der Waals surface area contributed by atoms with Gasteiger partial charge in [-0.2, -0.15) is 0 Å². The molecule has 0 aliphatic carbocycles. The molecule has 0 radical (unpaired) electrons. The van der Waals surface area contributed by atoms with Crippen LogP contribution in [0.1, 0.15) is 18.6 Å². The molecule has 0 amide bonds. The third kappa shape index (κ3) is 3.01. The number of nitrogens with zero attached hydrogens (tertiary/aromatic N) is 1. The van der Waals surface area contributed by atoms with Crippen molar-refractivity contribution in [1.82, 2.24) is 4.90 Å². The van der Waals surface area contributed by atoms with Crippen LogP contribution in [0.5, 0.6) is 0 Å². The van der Waals surface area contributed by atoms with Gasteiger partial charge < -0.3 is 15.7 Å². The maximum absolute atomic E-state index is 9.85.